The SMILES string of the molecule is O=C(NCCc1cccc(I)c1I)c1cccnc1. The molecule has 5 heteroatoms. The van der Waals surface area contributed by atoms with Crippen LogP contribution in [0.2, 0.25) is 0 Å². The van der Waals surface area contributed by atoms with E-state index in [9.17, 15) is 4.79 Å². The Morgan fingerprint density at radius 3 is 2.79 bits per heavy atom. The third-order valence-corrected chi connectivity index (χ3v) is 5.84. The van der Waals surface area contributed by atoms with Crippen LogP contribution in [-0.2, 0) is 6.42 Å². The topological polar surface area (TPSA) is 42.0 Å². The second-order valence-corrected chi connectivity index (χ2v) is 6.20. The molecule has 1 heterocycles. The van der Waals surface area contributed by atoms with Crippen molar-refractivity contribution in [2.75, 3.05) is 6.54 Å². The number of hydrogen-bond donors (Lipinski definition) is 1. The van der Waals surface area contributed by atoms with Gasteiger partial charge in [0.1, 0.15) is 0 Å². The van der Waals surface area contributed by atoms with E-state index in [2.05, 4.69) is 67.6 Å². The summed E-state index contributed by atoms with van der Waals surface area (Å²) in [6.07, 6.45) is 4.07. The van der Waals surface area contributed by atoms with Crippen molar-refractivity contribution in [3.8, 4) is 0 Å². The molecule has 0 aliphatic rings. The van der Waals surface area contributed by atoms with Gasteiger partial charge >= 0.3 is 0 Å². The first-order valence-electron chi connectivity index (χ1n) is 5.79. The fraction of sp³-hybridized carbons (Fsp3) is 0.143. The minimum absolute atomic E-state index is 0.0752. The zero-order chi connectivity index (χ0) is 13.7. The number of nitrogens with one attached hydrogen (secondary N) is 1. The number of amides is 1. The monoisotopic (exact) mass is 478 g/mol. The van der Waals surface area contributed by atoms with E-state index in [1.165, 1.54) is 12.7 Å². The number of benzene rings is 1. The van der Waals surface area contributed by atoms with E-state index in [1.54, 1.807) is 24.5 Å². The van der Waals surface area contributed by atoms with E-state index in [4.69, 9.17) is 0 Å². The van der Waals surface area contributed by atoms with Crippen LogP contribution in [-0.4, -0.2) is 17.4 Å². The summed E-state index contributed by atoms with van der Waals surface area (Å²) in [5.41, 5.74) is 1.86. The van der Waals surface area contributed by atoms with Gasteiger partial charge in [0, 0.05) is 26.1 Å². The van der Waals surface area contributed by atoms with Gasteiger partial charge in [0.15, 0.2) is 0 Å². The molecule has 2 rings (SSSR count). The van der Waals surface area contributed by atoms with E-state index < -0.39 is 0 Å². The molecule has 2 aromatic rings. The Morgan fingerprint density at radius 1 is 1.21 bits per heavy atom. The number of pyridine rings is 1. The number of nitrogens with zero attached hydrogens (tertiary/aromatic N) is 1. The lowest BCUT2D eigenvalue weighted by molar-refractivity contribution is 0.0954. The molecule has 0 unspecified atom stereocenters. The van der Waals surface area contributed by atoms with Crippen LogP contribution in [0.1, 0.15) is 15.9 Å². The van der Waals surface area contributed by atoms with E-state index in [1.807, 2.05) is 6.07 Å². The fourth-order valence-electron chi connectivity index (χ4n) is 1.65. The van der Waals surface area contributed by atoms with Gasteiger partial charge in [-0.2, -0.15) is 0 Å². The Hall–Kier alpha value is -0.700. The summed E-state index contributed by atoms with van der Waals surface area (Å²) in [6.45, 7) is 0.629. The van der Waals surface area contributed by atoms with Gasteiger partial charge in [-0.1, -0.05) is 12.1 Å². The van der Waals surface area contributed by atoms with E-state index in [-0.39, 0.29) is 5.91 Å². The highest BCUT2D eigenvalue weighted by molar-refractivity contribution is 14.1. The Kier molecular flexibility index (Phi) is 5.56. The second kappa shape index (κ2) is 7.18. The van der Waals surface area contributed by atoms with Crippen molar-refractivity contribution >= 4 is 51.1 Å². The number of carbonyl (C=O) groups excluding carboxylic acids is 1. The van der Waals surface area contributed by atoms with Crippen molar-refractivity contribution in [1.29, 1.82) is 0 Å². The maximum atomic E-state index is 11.8. The minimum Gasteiger partial charge on any atom is -0.352 e. The van der Waals surface area contributed by atoms with Gasteiger partial charge in [-0.15, -0.1) is 0 Å². The van der Waals surface area contributed by atoms with Gasteiger partial charge < -0.3 is 5.32 Å². The summed E-state index contributed by atoms with van der Waals surface area (Å²) >= 11 is 4.66. The van der Waals surface area contributed by atoms with Crippen LogP contribution in [0.3, 0.4) is 0 Å². The van der Waals surface area contributed by atoms with Gasteiger partial charge in [-0.05, 0) is 75.4 Å². The van der Waals surface area contributed by atoms with Crippen LogP contribution >= 0.6 is 45.2 Å². The molecule has 0 aliphatic carbocycles. The lowest BCUT2D eigenvalue weighted by Gasteiger charge is -2.07. The normalized spacial score (nSPS) is 10.2. The van der Waals surface area contributed by atoms with Gasteiger partial charge in [0.2, 0.25) is 0 Å². The largest absolute Gasteiger partial charge is 0.352 e. The molecule has 0 aliphatic heterocycles. The second-order valence-electron chi connectivity index (χ2n) is 3.96. The summed E-state index contributed by atoms with van der Waals surface area (Å²) < 4.78 is 2.51. The summed E-state index contributed by atoms with van der Waals surface area (Å²) in [5.74, 6) is -0.0752. The molecule has 0 fully saturated rings. The zero-order valence-electron chi connectivity index (χ0n) is 10.1. The quantitative estimate of drug-likeness (QED) is 0.687. The van der Waals surface area contributed by atoms with Crippen molar-refractivity contribution in [2.45, 2.75) is 6.42 Å². The highest BCUT2D eigenvalue weighted by Crippen LogP contribution is 2.19. The Balaban J connectivity index is 1.90. The van der Waals surface area contributed by atoms with Gasteiger partial charge in [-0.3, -0.25) is 9.78 Å². The number of hydrogen-bond acceptors (Lipinski definition) is 2. The number of carbonyl (C=O) groups is 1. The third-order valence-electron chi connectivity index (χ3n) is 2.64. The van der Waals surface area contributed by atoms with Gasteiger partial charge in [0.25, 0.3) is 5.91 Å². The standard InChI is InChI=1S/C14H12I2N2O/c15-12-5-1-3-10(13(12)16)6-8-18-14(19)11-4-2-7-17-9-11/h1-5,7,9H,6,8H2,(H,18,19). The predicted molar refractivity (Wildman–Crippen MR) is 92.2 cm³/mol. The van der Waals surface area contributed by atoms with Crippen LogP contribution in [0.25, 0.3) is 0 Å². The molecule has 1 aromatic heterocycles. The summed E-state index contributed by atoms with van der Waals surface area (Å²) in [4.78, 5) is 15.8. The van der Waals surface area contributed by atoms with Gasteiger partial charge in [0.05, 0.1) is 5.56 Å². The molecule has 0 bridgehead atoms. The Bertz CT molecular complexity index is 573. The van der Waals surface area contributed by atoms with Crippen molar-refractivity contribution in [1.82, 2.24) is 10.3 Å². The lowest BCUT2D eigenvalue weighted by atomic mass is 10.1. The minimum atomic E-state index is -0.0752. The molecule has 1 amide bonds. The van der Waals surface area contributed by atoms with Crippen molar-refractivity contribution < 1.29 is 4.79 Å². The highest BCUT2D eigenvalue weighted by Gasteiger charge is 2.06. The fourth-order valence-corrected chi connectivity index (χ4v) is 2.83. The molecule has 0 saturated heterocycles. The Labute approximate surface area is 139 Å². The molecule has 19 heavy (non-hydrogen) atoms. The maximum Gasteiger partial charge on any atom is 0.252 e. The van der Waals surface area contributed by atoms with Crippen molar-refractivity contribution in [3.05, 3.63) is 61.0 Å². The molecule has 3 nitrogen and oxygen atoms in total. The predicted octanol–water partition coefficient (Wildman–Crippen LogP) is 3.26. The van der Waals surface area contributed by atoms with E-state index in [0.717, 1.165) is 6.42 Å². The molecule has 1 N–H and O–H groups in total. The first-order chi connectivity index (χ1) is 9.18. The number of rotatable bonds is 4. The smallest absolute Gasteiger partial charge is 0.252 e. The van der Waals surface area contributed by atoms with Crippen LogP contribution in [0.15, 0.2) is 42.7 Å². The first-order valence-corrected chi connectivity index (χ1v) is 7.95. The molecule has 98 valence electrons. The van der Waals surface area contributed by atoms with Crippen LogP contribution in [0, 0.1) is 7.14 Å². The highest BCUT2D eigenvalue weighted by atomic mass is 127. The molecule has 0 radical (unpaired) electrons. The van der Waals surface area contributed by atoms with E-state index >= 15 is 0 Å². The van der Waals surface area contributed by atoms with Crippen LogP contribution < -0.4 is 5.32 Å². The molecular weight excluding hydrogens is 466 g/mol. The summed E-state index contributed by atoms with van der Waals surface area (Å²) in [6, 6.07) is 9.75. The number of halogens is 2. The van der Waals surface area contributed by atoms with Crippen molar-refractivity contribution in [2.24, 2.45) is 0 Å². The first kappa shape index (κ1) is 14.7. The summed E-state index contributed by atoms with van der Waals surface area (Å²) in [5, 5.41) is 2.91. The van der Waals surface area contributed by atoms with Crippen LogP contribution in [0.4, 0.5) is 0 Å². The van der Waals surface area contributed by atoms with Gasteiger partial charge in [-0.25, -0.2) is 0 Å². The average molecular weight is 478 g/mol. The Morgan fingerprint density at radius 2 is 2.05 bits per heavy atom. The maximum absolute atomic E-state index is 11.8. The average Bonchev–Trinajstić information content (AvgIpc) is 2.44. The van der Waals surface area contributed by atoms with Crippen molar-refractivity contribution in [3.63, 3.8) is 0 Å². The third kappa shape index (κ3) is 4.13. The molecule has 0 saturated carbocycles. The molecule has 0 atom stereocenters. The molecular formula is C14H12I2N2O. The summed E-state index contributed by atoms with van der Waals surface area (Å²) in [7, 11) is 0. The lowest BCUT2D eigenvalue weighted by Crippen LogP contribution is -2.25. The molecule has 0 spiro atoms. The van der Waals surface area contributed by atoms with Crippen LogP contribution in [0.5, 0.6) is 0 Å². The van der Waals surface area contributed by atoms with E-state index in [0.29, 0.717) is 12.1 Å². The zero-order valence-corrected chi connectivity index (χ0v) is 14.4. The number of aromatic nitrogens is 1. The molecule has 1 aromatic carbocycles.